The van der Waals surface area contributed by atoms with Crippen LogP contribution in [0.5, 0.6) is 0 Å². The van der Waals surface area contributed by atoms with Crippen molar-refractivity contribution in [3.63, 3.8) is 0 Å². The van der Waals surface area contributed by atoms with Crippen molar-refractivity contribution < 1.29 is 9.59 Å². The maximum absolute atomic E-state index is 13.1. The summed E-state index contributed by atoms with van der Waals surface area (Å²) in [7, 11) is 0. The molecule has 28 heavy (non-hydrogen) atoms. The number of hydrogen-bond acceptors (Lipinski definition) is 2. The maximum Gasteiger partial charge on any atom is 0.242 e. The quantitative estimate of drug-likeness (QED) is 0.708. The van der Waals surface area contributed by atoms with E-state index in [1.54, 1.807) is 17.9 Å². The molecule has 0 spiro atoms. The predicted molar refractivity (Wildman–Crippen MR) is 114 cm³/mol. The van der Waals surface area contributed by atoms with Gasteiger partial charge in [0, 0.05) is 17.6 Å². The Labute approximate surface area is 172 Å². The zero-order valence-corrected chi connectivity index (χ0v) is 17.8. The van der Waals surface area contributed by atoms with Gasteiger partial charge in [0.05, 0.1) is 6.42 Å². The number of benzene rings is 2. The summed E-state index contributed by atoms with van der Waals surface area (Å²) in [4.78, 5) is 27.5. The van der Waals surface area contributed by atoms with Crippen molar-refractivity contribution >= 4 is 23.4 Å². The van der Waals surface area contributed by atoms with Gasteiger partial charge in [0.1, 0.15) is 6.04 Å². The zero-order valence-electron chi connectivity index (χ0n) is 17.0. The van der Waals surface area contributed by atoms with E-state index in [2.05, 4.69) is 5.32 Å². The summed E-state index contributed by atoms with van der Waals surface area (Å²) in [5.74, 6) is -0.253. The van der Waals surface area contributed by atoms with Gasteiger partial charge < -0.3 is 10.2 Å². The van der Waals surface area contributed by atoms with Crippen molar-refractivity contribution in [1.29, 1.82) is 0 Å². The lowest BCUT2D eigenvalue weighted by atomic mass is 10.1. The molecule has 0 aromatic heterocycles. The molecule has 0 heterocycles. The van der Waals surface area contributed by atoms with Gasteiger partial charge in [-0.15, -0.1) is 0 Å². The molecule has 150 valence electrons. The molecule has 0 aliphatic heterocycles. The molecule has 0 radical (unpaired) electrons. The van der Waals surface area contributed by atoms with Crippen LogP contribution in [0.4, 0.5) is 0 Å². The lowest BCUT2D eigenvalue weighted by molar-refractivity contribution is -0.140. The van der Waals surface area contributed by atoms with E-state index < -0.39 is 6.04 Å². The minimum absolute atomic E-state index is 0.0592. The molecule has 4 nitrogen and oxygen atoms in total. The van der Waals surface area contributed by atoms with Crippen LogP contribution in [0.15, 0.2) is 48.5 Å². The number of hydrogen-bond donors (Lipinski definition) is 1. The highest BCUT2D eigenvalue weighted by atomic mass is 35.5. The second-order valence-electron chi connectivity index (χ2n) is 7.27. The Bertz CT molecular complexity index is 822. The molecule has 2 aromatic rings. The normalized spacial score (nSPS) is 12.9. The summed E-state index contributed by atoms with van der Waals surface area (Å²) in [6.07, 6.45) is 1.08. The molecular formula is C23H29ClN2O2. The van der Waals surface area contributed by atoms with Crippen LogP contribution in [0.1, 0.15) is 43.9 Å². The summed E-state index contributed by atoms with van der Waals surface area (Å²) in [5, 5.41) is 3.56. The number of halogens is 1. The minimum atomic E-state index is -0.595. The van der Waals surface area contributed by atoms with Crippen LogP contribution < -0.4 is 5.32 Å². The number of amides is 2. The summed E-state index contributed by atoms with van der Waals surface area (Å²) in [5.41, 5.74) is 2.86. The smallest absolute Gasteiger partial charge is 0.242 e. The minimum Gasteiger partial charge on any atom is -0.352 e. The maximum atomic E-state index is 13.1. The Hall–Kier alpha value is -2.33. The molecule has 0 saturated heterocycles. The SMILES string of the molecule is CCC(C)NC(=O)C(C)N(Cc1ccccc1Cl)C(=O)Cc1cccc(C)c1. The molecule has 0 bridgehead atoms. The third-order valence-electron chi connectivity index (χ3n) is 4.90. The highest BCUT2D eigenvalue weighted by Crippen LogP contribution is 2.19. The molecule has 0 aliphatic carbocycles. The van der Waals surface area contributed by atoms with Gasteiger partial charge in [-0.3, -0.25) is 9.59 Å². The van der Waals surface area contributed by atoms with Crippen LogP contribution in [0.3, 0.4) is 0 Å². The third kappa shape index (κ3) is 6.10. The van der Waals surface area contributed by atoms with Crippen molar-refractivity contribution in [2.75, 3.05) is 0 Å². The van der Waals surface area contributed by atoms with E-state index in [1.165, 1.54) is 0 Å². The first kappa shape index (κ1) is 22.0. The van der Waals surface area contributed by atoms with E-state index in [0.29, 0.717) is 11.6 Å². The number of nitrogens with one attached hydrogen (secondary N) is 1. The van der Waals surface area contributed by atoms with E-state index in [-0.39, 0.29) is 24.3 Å². The van der Waals surface area contributed by atoms with Crippen LogP contribution in [0.25, 0.3) is 0 Å². The standard InChI is InChI=1S/C23H29ClN2O2/c1-5-17(3)25-23(28)18(4)26(15-20-11-6-7-12-21(20)24)22(27)14-19-10-8-9-16(2)13-19/h6-13,17-18H,5,14-15H2,1-4H3,(H,25,28). The van der Waals surface area contributed by atoms with E-state index in [4.69, 9.17) is 11.6 Å². The lowest BCUT2D eigenvalue weighted by Gasteiger charge is -2.30. The molecular weight excluding hydrogens is 372 g/mol. The van der Waals surface area contributed by atoms with Gasteiger partial charge in [0.2, 0.25) is 11.8 Å². The molecule has 5 heteroatoms. The van der Waals surface area contributed by atoms with Crippen LogP contribution >= 0.6 is 11.6 Å². The van der Waals surface area contributed by atoms with E-state index in [0.717, 1.165) is 23.1 Å². The Morgan fingerprint density at radius 3 is 2.46 bits per heavy atom. The van der Waals surface area contributed by atoms with E-state index in [9.17, 15) is 9.59 Å². The summed E-state index contributed by atoms with van der Waals surface area (Å²) < 4.78 is 0. The molecule has 1 N–H and O–H groups in total. The van der Waals surface area contributed by atoms with Crippen LogP contribution in [-0.2, 0) is 22.6 Å². The van der Waals surface area contributed by atoms with Gasteiger partial charge in [-0.25, -0.2) is 0 Å². The second kappa shape index (κ2) is 10.3. The van der Waals surface area contributed by atoms with Gasteiger partial charge in [0.15, 0.2) is 0 Å². The average Bonchev–Trinajstić information content (AvgIpc) is 2.66. The highest BCUT2D eigenvalue weighted by molar-refractivity contribution is 6.31. The fraction of sp³-hybridized carbons (Fsp3) is 0.391. The van der Waals surface area contributed by atoms with Gasteiger partial charge >= 0.3 is 0 Å². The molecule has 0 aliphatic rings. The average molecular weight is 401 g/mol. The van der Waals surface area contributed by atoms with Gasteiger partial charge in [-0.05, 0) is 44.4 Å². The number of nitrogens with zero attached hydrogens (tertiary/aromatic N) is 1. The van der Waals surface area contributed by atoms with Crippen LogP contribution in [0.2, 0.25) is 5.02 Å². The third-order valence-corrected chi connectivity index (χ3v) is 5.27. The lowest BCUT2D eigenvalue weighted by Crippen LogP contribution is -2.49. The summed E-state index contributed by atoms with van der Waals surface area (Å²) in [6, 6.07) is 14.7. The number of aryl methyl sites for hydroxylation is 1. The summed E-state index contributed by atoms with van der Waals surface area (Å²) in [6.45, 7) is 8.03. The fourth-order valence-electron chi connectivity index (χ4n) is 2.96. The van der Waals surface area contributed by atoms with Crippen molar-refractivity contribution in [2.24, 2.45) is 0 Å². The Balaban J connectivity index is 2.25. The van der Waals surface area contributed by atoms with Crippen LogP contribution in [0, 0.1) is 6.92 Å². The second-order valence-corrected chi connectivity index (χ2v) is 7.68. The summed E-state index contributed by atoms with van der Waals surface area (Å²) >= 11 is 6.31. The molecule has 2 atom stereocenters. The molecule has 2 amide bonds. The van der Waals surface area contributed by atoms with E-state index in [1.807, 2.05) is 63.2 Å². The highest BCUT2D eigenvalue weighted by Gasteiger charge is 2.27. The fourth-order valence-corrected chi connectivity index (χ4v) is 3.15. The topological polar surface area (TPSA) is 49.4 Å². The van der Waals surface area contributed by atoms with Gasteiger partial charge in [0.25, 0.3) is 0 Å². The Morgan fingerprint density at radius 2 is 1.82 bits per heavy atom. The van der Waals surface area contributed by atoms with E-state index >= 15 is 0 Å². The molecule has 0 saturated carbocycles. The Morgan fingerprint density at radius 1 is 1.11 bits per heavy atom. The molecule has 2 aromatic carbocycles. The van der Waals surface area contributed by atoms with Crippen molar-refractivity contribution in [3.05, 3.63) is 70.2 Å². The molecule has 0 fully saturated rings. The number of carbonyl (C=O) groups is 2. The molecule has 2 rings (SSSR count). The van der Waals surface area contributed by atoms with Crippen molar-refractivity contribution in [1.82, 2.24) is 10.2 Å². The van der Waals surface area contributed by atoms with Gasteiger partial charge in [-0.2, -0.15) is 0 Å². The zero-order chi connectivity index (χ0) is 20.7. The number of carbonyl (C=O) groups excluding carboxylic acids is 2. The molecule has 2 unspecified atom stereocenters. The largest absolute Gasteiger partial charge is 0.352 e. The first-order valence-corrected chi connectivity index (χ1v) is 10.1. The monoisotopic (exact) mass is 400 g/mol. The Kier molecular flexibility index (Phi) is 8.06. The number of rotatable bonds is 8. The van der Waals surface area contributed by atoms with Gasteiger partial charge in [-0.1, -0.05) is 66.6 Å². The van der Waals surface area contributed by atoms with Crippen molar-refractivity contribution in [2.45, 2.75) is 59.2 Å². The predicted octanol–water partition coefficient (Wildman–Crippen LogP) is 4.52. The van der Waals surface area contributed by atoms with Crippen LogP contribution in [-0.4, -0.2) is 28.8 Å². The first-order chi connectivity index (χ1) is 13.3. The van der Waals surface area contributed by atoms with Crippen molar-refractivity contribution in [3.8, 4) is 0 Å². The first-order valence-electron chi connectivity index (χ1n) is 9.70.